The lowest BCUT2D eigenvalue weighted by Gasteiger charge is -2.26. The van der Waals surface area contributed by atoms with Gasteiger partial charge in [0.15, 0.2) is 0 Å². The second-order valence-electron chi connectivity index (χ2n) is 7.43. The molecule has 178 valence electrons. The minimum atomic E-state index is -0.989. The van der Waals surface area contributed by atoms with E-state index in [1.54, 1.807) is 19.1 Å². The number of amides is 1. The summed E-state index contributed by atoms with van der Waals surface area (Å²) in [6, 6.07) is 11.9. The third-order valence-corrected chi connectivity index (χ3v) is 5.02. The normalized spacial score (nSPS) is 15.5. The quantitative estimate of drug-likeness (QED) is 0.205. The van der Waals surface area contributed by atoms with Gasteiger partial charge in [-0.25, -0.2) is 10.4 Å². The van der Waals surface area contributed by atoms with Crippen LogP contribution in [0.25, 0.3) is 0 Å². The monoisotopic (exact) mass is 476 g/mol. The lowest BCUT2D eigenvalue weighted by molar-refractivity contribution is -0.384. The van der Waals surface area contributed by atoms with Crippen molar-refractivity contribution < 1.29 is 24.3 Å². The Balaban J connectivity index is 1.65. The topological polar surface area (TPSA) is 175 Å². The first-order valence-corrected chi connectivity index (χ1v) is 10.3. The third kappa shape index (κ3) is 5.27. The van der Waals surface area contributed by atoms with Crippen molar-refractivity contribution in [3.8, 4) is 11.5 Å². The zero-order valence-electron chi connectivity index (χ0n) is 18.3. The average molecular weight is 476 g/mol. The van der Waals surface area contributed by atoms with Gasteiger partial charge in [0.1, 0.15) is 23.3 Å². The van der Waals surface area contributed by atoms with E-state index in [-0.39, 0.29) is 40.0 Å². The minimum Gasteiger partial charge on any atom is -0.508 e. The van der Waals surface area contributed by atoms with E-state index in [9.17, 15) is 25.1 Å². The first-order valence-electron chi connectivity index (χ1n) is 10.3. The molecule has 0 bridgehead atoms. The van der Waals surface area contributed by atoms with Crippen molar-refractivity contribution in [1.29, 1.82) is 0 Å². The molecule has 0 fully saturated rings. The van der Waals surface area contributed by atoms with Crippen molar-refractivity contribution >= 4 is 29.5 Å². The fourth-order valence-corrected chi connectivity index (χ4v) is 3.43. The van der Waals surface area contributed by atoms with Crippen molar-refractivity contribution in [1.82, 2.24) is 10.7 Å². The highest BCUT2D eigenvalue weighted by Crippen LogP contribution is 2.37. The van der Waals surface area contributed by atoms with E-state index >= 15 is 0 Å². The number of non-ortho nitro benzene ring substituents is 1. The number of phenols is 2. The van der Waals surface area contributed by atoms with E-state index in [0.717, 1.165) is 6.07 Å². The number of carbonyl (C=O) groups is 1. The van der Waals surface area contributed by atoms with Gasteiger partial charge in [-0.1, -0.05) is 6.07 Å². The number of rotatable bonds is 6. The Morgan fingerprint density at radius 2 is 2.06 bits per heavy atom. The first-order chi connectivity index (χ1) is 16.8. The van der Waals surface area contributed by atoms with E-state index in [2.05, 4.69) is 26.2 Å². The van der Waals surface area contributed by atoms with Crippen LogP contribution in [0.4, 0.5) is 11.4 Å². The number of nitro groups is 1. The van der Waals surface area contributed by atoms with Crippen molar-refractivity contribution in [3.63, 3.8) is 0 Å². The summed E-state index contributed by atoms with van der Waals surface area (Å²) in [7, 11) is 0. The zero-order chi connectivity index (χ0) is 24.9. The van der Waals surface area contributed by atoms with Crippen LogP contribution in [0.15, 0.2) is 86.6 Å². The molecule has 1 amide bonds. The standard InChI is InChI=1S/C23H20N6O6/c1-13-20(22(32)26-14-4-2-5-15(10-14)29(33)34)21(18-8-7-16(30)11-19(18)31)27-23(25-13)28-24-12-17-6-3-9-35-17/h2-12,21,30-31H,1H3,(H,26,32)(H2,25,27,28)/b24-12+. The molecule has 5 N–H and O–H groups in total. The molecule has 0 spiro atoms. The molecule has 3 aromatic rings. The molecular weight excluding hydrogens is 456 g/mol. The van der Waals surface area contributed by atoms with Gasteiger partial charge < -0.3 is 25.3 Å². The van der Waals surface area contributed by atoms with Crippen molar-refractivity contribution in [2.45, 2.75) is 13.0 Å². The van der Waals surface area contributed by atoms with Crippen molar-refractivity contribution in [2.24, 2.45) is 10.1 Å². The predicted octanol–water partition coefficient (Wildman–Crippen LogP) is 3.14. The fraction of sp³-hybridized carbons (Fsp3) is 0.0870. The Morgan fingerprint density at radius 1 is 1.23 bits per heavy atom. The maximum Gasteiger partial charge on any atom is 0.271 e. The van der Waals surface area contributed by atoms with Gasteiger partial charge in [0.2, 0.25) is 5.96 Å². The smallest absolute Gasteiger partial charge is 0.271 e. The molecule has 0 aliphatic carbocycles. The van der Waals surface area contributed by atoms with Crippen LogP contribution >= 0.6 is 0 Å². The van der Waals surface area contributed by atoms with E-state index in [0.29, 0.717) is 11.5 Å². The van der Waals surface area contributed by atoms with Gasteiger partial charge in [-0.05, 0) is 37.3 Å². The van der Waals surface area contributed by atoms with Crippen LogP contribution in [-0.4, -0.2) is 33.2 Å². The Hall–Kier alpha value is -5.13. The van der Waals surface area contributed by atoms with Crippen LogP contribution in [0.2, 0.25) is 0 Å². The lowest BCUT2D eigenvalue weighted by Crippen LogP contribution is -2.39. The molecular formula is C23H20N6O6. The number of carbonyl (C=O) groups excluding carboxylic acids is 1. The molecule has 0 radical (unpaired) electrons. The number of hydrogen-bond acceptors (Lipinski definition) is 10. The molecule has 35 heavy (non-hydrogen) atoms. The highest BCUT2D eigenvalue weighted by molar-refractivity contribution is 6.07. The molecule has 1 atom stereocenters. The van der Waals surface area contributed by atoms with Crippen LogP contribution in [-0.2, 0) is 4.79 Å². The Labute approximate surface area is 198 Å². The third-order valence-electron chi connectivity index (χ3n) is 5.02. The number of aliphatic imine (C=N–C) groups is 1. The molecule has 0 saturated heterocycles. The summed E-state index contributed by atoms with van der Waals surface area (Å²) >= 11 is 0. The van der Waals surface area contributed by atoms with Gasteiger partial charge in [0, 0.05) is 35.1 Å². The van der Waals surface area contributed by atoms with Crippen LogP contribution in [0.1, 0.15) is 24.3 Å². The summed E-state index contributed by atoms with van der Waals surface area (Å²) in [4.78, 5) is 28.3. The zero-order valence-corrected chi connectivity index (χ0v) is 18.3. The van der Waals surface area contributed by atoms with Crippen molar-refractivity contribution in [3.05, 3.63) is 93.6 Å². The Bertz CT molecular complexity index is 1360. The highest BCUT2D eigenvalue weighted by atomic mass is 16.6. The number of nitrogens with zero attached hydrogens (tertiary/aromatic N) is 3. The molecule has 1 unspecified atom stereocenters. The predicted molar refractivity (Wildman–Crippen MR) is 127 cm³/mol. The number of hydrazone groups is 1. The molecule has 2 aromatic carbocycles. The summed E-state index contributed by atoms with van der Waals surface area (Å²) in [5, 5.41) is 40.9. The highest BCUT2D eigenvalue weighted by Gasteiger charge is 2.31. The molecule has 4 rings (SSSR count). The van der Waals surface area contributed by atoms with Gasteiger partial charge in [0.25, 0.3) is 11.6 Å². The van der Waals surface area contributed by atoms with E-state index < -0.39 is 16.9 Å². The molecule has 1 aliphatic heterocycles. The molecule has 1 aliphatic rings. The van der Waals surface area contributed by atoms with Gasteiger partial charge in [-0.3, -0.25) is 14.9 Å². The number of nitro benzene ring substituents is 1. The van der Waals surface area contributed by atoms with Crippen LogP contribution in [0, 0.1) is 10.1 Å². The average Bonchev–Trinajstić information content (AvgIpc) is 3.32. The van der Waals surface area contributed by atoms with Crippen LogP contribution in [0.3, 0.4) is 0 Å². The summed E-state index contributed by atoms with van der Waals surface area (Å²) in [6.07, 6.45) is 2.93. The number of anilines is 1. The maximum atomic E-state index is 13.3. The molecule has 12 nitrogen and oxygen atoms in total. The second-order valence-corrected chi connectivity index (χ2v) is 7.43. The van der Waals surface area contributed by atoms with Gasteiger partial charge >= 0.3 is 0 Å². The maximum absolute atomic E-state index is 13.3. The first kappa shape index (κ1) is 23.0. The van der Waals surface area contributed by atoms with E-state index in [1.807, 2.05) is 0 Å². The Morgan fingerprint density at radius 3 is 2.77 bits per heavy atom. The number of allylic oxidation sites excluding steroid dienone is 1. The summed E-state index contributed by atoms with van der Waals surface area (Å²) < 4.78 is 5.18. The van der Waals surface area contributed by atoms with Crippen LogP contribution < -0.4 is 16.1 Å². The number of furan rings is 1. The number of nitrogens with one attached hydrogen (secondary N) is 3. The summed E-state index contributed by atoms with van der Waals surface area (Å²) in [5.74, 6) is -0.322. The van der Waals surface area contributed by atoms with Crippen molar-refractivity contribution in [2.75, 3.05) is 5.32 Å². The Kier molecular flexibility index (Phi) is 6.44. The summed E-state index contributed by atoms with van der Waals surface area (Å²) in [6.45, 7) is 1.64. The van der Waals surface area contributed by atoms with E-state index in [1.165, 1.54) is 48.9 Å². The van der Waals surface area contributed by atoms with E-state index in [4.69, 9.17) is 4.42 Å². The van der Waals surface area contributed by atoms with Crippen LogP contribution in [0.5, 0.6) is 11.5 Å². The number of guanidine groups is 1. The van der Waals surface area contributed by atoms with Gasteiger partial charge in [0.05, 0.1) is 23.0 Å². The molecule has 12 heteroatoms. The number of aromatic hydroxyl groups is 2. The summed E-state index contributed by atoms with van der Waals surface area (Å²) in [5.41, 5.74) is 3.57. The van der Waals surface area contributed by atoms with Gasteiger partial charge in [-0.15, -0.1) is 0 Å². The molecule has 0 saturated carbocycles. The van der Waals surface area contributed by atoms with Gasteiger partial charge in [-0.2, -0.15) is 5.10 Å². The molecule has 1 aromatic heterocycles. The molecule has 2 heterocycles. The second kappa shape index (κ2) is 9.79. The number of benzene rings is 2. The lowest BCUT2D eigenvalue weighted by atomic mass is 9.94. The minimum absolute atomic E-state index is 0.151. The number of phenolic OH excluding ortho intramolecular Hbond substituents is 2. The number of hydrogen-bond donors (Lipinski definition) is 5. The largest absolute Gasteiger partial charge is 0.508 e. The fourth-order valence-electron chi connectivity index (χ4n) is 3.43. The SMILES string of the molecule is CC1=C(C(=O)Nc2cccc([N+](=O)[O-])c2)C(c2ccc(O)cc2O)N=C(N/N=C/c2ccco2)N1.